The number of hydrogen-bond acceptors (Lipinski definition) is 5. The number of ether oxygens (including phenoxy) is 1. The van der Waals surface area contributed by atoms with E-state index in [4.69, 9.17) is 9.15 Å². The average Bonchev–Trinajstić information content (AvgIpc) is 3.35. The average molecular weight is 396 g/mol. The van der Waals surface area contributed by atoms with E-state index in [9.17, 15) is 5.11 Å². The minimum Gasteiger partial charge on any atom is -0.490 e. The van der Waals surface area contributed by atoms with Gasteiger partial charge in [-0.15, -0.1) is 0 Å². The fraction of sp³-hybridized carbons (Fsp3) is 0.435. The highest BCUT2D eigenvalue weighted by atomic mass is 16.5. The lowest BCUT2D eigenvalue weighted by Crippen LogP contribution is -2.34. The Labute approximate surface area is 171 Å². The smallest absolute Gasteiger partial charge is 0.123 e. The molecule has 0 radical (unpaired) electrons. The van der Waals surface area contributed by atoms with Crippen LogP contribution in [0, 0.1) is 13.8 Å². The summed E-state index contributed by atoms with van der Waals surface area (Å²) in [5, 5.41) is 15.2. The number of hydrogen-bond donors (Lipinski definition) is 1. The molecule has 0 aliphatic carbocycles. The monoisotopic (exact) mass is 395 g/mol. The van der Waals surface area contributed by atoms with Gasteiger partial charge < -0.3 is 14.3 Å². The van der Waals surface area contributed by atoms with Crippen molar-refractivity contribution in [3.05, 3.63) is 70.9 Å². The van der Waals surface area contributed by atoms with E-state index in [1.54, 1.807) is 6.26 Å². The molecule has 0 spiro atoms. The van der Waals surface area contributed by atoms with Crippen LogP contribution >= 0.6 is 0 Å². The molecule has 154 valence electrons. The van der Waals surface area contributed by atoms with Gasteiger partial charge in [0.25, 0.3) is 0 Å². The number of aryl methyl sites for hydroxylation is 2. The maximum Gasteiger partial charge on any atom is 0.123 e. The molecule has 1 aromatic carbocycles. The molecule has 1 N–H and O–H groups in total. The summed E-state index contributed by atoms with van der Waals surface area (Å²) in [6.07, 6.45) is 2.35. The quantitative estimate of drug-likeness (QED) is 0.633. The molecule has 0 unspecified atom stereocenters. The second kappa shape index (κ2) is 8.43. The molecule has 2 aromatic heterocycles. The fourth-order valence-corrected chi connectivity index (χ4v) is 4.06. The molecule has 1 aliphatic rings. The zero-order valence-electron chi connectivity index (χ0n) is 17.3. The van der Waals surface area contributed by atoms with Crippen molar-refractivity contribution in [2.24, 2.45) is 0 Å². The summed E-state index contributed by atoms with van der Waals surface area (Å²) in [7, 11) is 0. The van der Waals surface area contributed by atoms with Crippen molar-refractivity contribution in [3.63, 3.8) is 0 Å². The number of furan rings is 1. The maximum absolute atomic E-state index is 10.7. The Morgan fingerprint density at radius 2 is 2.10 bits per heavy atom. The SMILES string of the molecule is Cc1cc(C)n(C[C@H](O)CN(Cc2ccc3c(c2)C[C@H](C)O3)Cc2ccco2)n1. The van der Waals surface area contributed by atoms with Gasteiger partial charge in [-0.3, -0.25) is 9.58 Å². The van der Waals surface area contributed by atoms with Crippen molar-refractivity contribution in [1.29, 1.82) is 0 Å². The molecule has 3 heterocycles. The number of aliphatic hydroxyl groups is 1. The number of aromatic nitrogens is 2. The van der Waals surface area contributed by atoms with E-state index in [0.29, 0.717) is 19.6 Å². The predicted molar refractivity (Wildman–Crippen MR) is 111 cm³/mol. The van der Waals surface area contributed by atoms with Crippen LogP contribution in [0.5, 0.6) is 5.75 Å². The van der Waals surface area contributed by atoms with E-state index >= 15 is 0 Å². The Bertz CT molecular complexity index is 948. The molecule has 29 heavy (non-hydrogen) atoms. The van der Waals surface area contributed by atoms with Crippen LogP contribution in [0.25, 0.3) is 0 Å². The van der Waals surface area contributed by atoms with Crippen LogP contribution in [0.3, 0.4) is 0 Å². The summed E-state index contributed by atoms with van der Waals surface area (Å²) in [4.78, 5) is 2.22. The van der Waals surface area contributed by atoms with Gasteiger partial charge in [0.05, 0.1) is 31.2 Å². The Morgan fingerprint density at radius 3 is 2.83 bits per heavy atom. The van der Waals surface area contributed by atoms with Crippen LogP contribution < -0.4 is 4.74 Å². The largest absolute Gasteiger partial charge is 0.490 e. The van der Waals surface area contributed by atoms with Crippen LogP contribution in [0.4, 0.5) is 0 Å². The van der Waals surface area contributed by atoms with E-state index in [1.165, 1.54) is 11.1 Å². The van der Waals surface area contributed by atoms with E-state index < -0.39 is 6.10 Å². The second-order valence-electron chi connectivity index (χ2n) is 8.09. The lowest BCUT2D eigenvalue weighted by Gasteiger charge is -2.25. The maximum atomic E-state index is 10.7. The van der Waals surface area contributed by atoms with Gasteiger partial charge in [-0.25, -0.2) is 0 Å². The van der Waals surface area contributed by atoms with Crippen molar-refractivity contribution >= 4 is 0 Å². The van der Waals surface area contributed by atoms with Crippen molar-refractivity contribution in [1.82, 2.24) is 14.7 Å². The van der Waals surface area contributed by atoms with Gasteiger partial charge in [0.15, 0.2) is 0 Å². The first-order valence-corrected chi connectivity index (χ1v) is 10.2. The molecule has 1 aliphatic heterocycles. The summed E-state index contributed by atoms with van der Waals surface area (Å²) in [5.41, 5.74) is 4.51. The first-order valence-electron chi connectivity index (χ1n) is 10.2. The fourth-order valence-electron chi connectivity index (χ4n) is 4.06. The Morgan fingerprint density at radius 1 is 1.24 bits per heavy atom. The second-order valence-corrected chi connectivity index (χ2v) is 8.09. The number of fused-ring (bicyclic) bond motifs is 1. The van der Waals surface area contributed by atoms with Crippen molar-refractivity contribution in [2.45, 2.75) is 59.0 Å². The Kier molecular flexibility index (Phi) is 5.74. The van der Waals surface area contributed by atoms with E-state index in [0.717, 1.165) is 35.9 Å². The zero-order chi connectivity index (χ0) is 20.4. The first-order chi connectivity index (χ1) is 14.0. The number of nitrogens with zero attached hydrogens (tertiary/aromatic N) is 3. The highest BCUT2D eigenvalue weighted by Crippen LogP contribution is 2.30. The predicted octanol–water partition coefficient (Wildman–Crippen LogP) is 3.48. The van der Waals surface area contributed by atoms with E-state index in [2.05, 4.69) is 35.1 Å². The van der Waals surface area contributed by atoms with Gasteiger partial charge >= 0.3 is 0 Å². The highest BCUT2D eigenvalue weighted by Gasteiger charge is 2.21. The topological polar surface area (TPSA) is 63.7 Å². The normalized spacial score (nSPS) is 16.8. The van der Waals surface area contributed by atoms with Crippen molar-refractivity contribution < 1.29 is 14.3 Å². The van der Waals surface area contributed by atoms with E-state index in [-0.39, 0.29) is 6.10 Å². The highest BCUT2D eigenvalue weighted by molar-refractivity contribution is 5.40. The molecule has 2 atom stereocenters. The molecule has 0 fully saturated rings. The van der Waals surface area contributed by atoms with Gasteiger partial charge in [-0.05, 0) is 56.2 Å². The summed E-state index contributed by atoms with van der Waals surface area (Å²) in [6, 6.07) is 12.3. The van der Waals surface area contributed by atoms with Gasteiger partial charge in [0, 0.05) is 25.2 Å². The summed E-state index contributed by atoms with van der Waals surface area (Å²) >= 11 is 0. The molecule has 6 nitrogen and oxygen atoms in total. The summed E-state index contributed by atoms with van der Waals surface area (Å²) < 4.78 is 13.2. The van der Waals surface area contributed by atoms with Crippen molar-refractivity contribution in [2.75, 3.05) is 6.54 Å². The van der Waals surface area contributed by atoms with Gasteiger partial charge in [-0.2, -0.15) is 5.10 Å². The van der Waals surface area contributed by atoms with Crippen molar-refractivity contribution in [3.8, 4) is 5.75 Å². The van der Waals surface area contributed by atoms with Crippen LogP contribution in [0.15, 0.2) is 47.1 Å². The summed E-state index contributed by atoms with van der Waals surface area (Å²) in [5.74, 6) is 1.88. The number of benzene rings is 1. The Balaban J connectivity index is 1.46. The van der Waals surface area contributed by atoms with Crippen LogP contribution in [0.2, 0.25) is 0 Å². The first kappa shape index (κ1) is 19.7. The Hall–Kier alpha value is -2.57. The molecule has 0 saturated heterocycles. The summed E-state index contributed by atoms with van der Waals surface area (Å²) in [6.45, 7) is 8.46. The van der Waals surface area contributed by atoms with E-state index in [1.807, 2.05) is 36.7 Å². The van der Waals surface area contributed by atoms with Crippen LogP contribution in [-0.2, 0) is 26.1 Å². The number of aliphatic hydroxyl groups excluding tert-OH is 1. The molecular weight excluding hydrogens is 366 g/mol. The molecule has 0 bridgehead atoms. The minimum absolute atomic E-state index is 0.238. The lowest BCUT2D eigenvalue weighted by molar-refractivity contribution is 0.0839. The van der Waals surface area contributed by atoms with Crippen LogP contribution in [-0.4, -0.2) is 38.5 Å². The third kappa shape index (κ3) is 4.89. The third-order valence-electron chi connectivity index (χ3n) is 5.28. The molecule has 3 aromatic rings. The molecule has 0 amide bonds. The van der Waals surface area contributed by atoms with Gasteiger partial charge in [0.1, 0.15) is 17.6 Å². The molecule has 6 heteroatoms. The molecule has 4 rings (SSSR count). The van der Waals surface area contributed by atoms with Gasteiger partial charge in [-0.1, -0.05) is 12.1 Å². The molecular formula is C23H29N3O3. The number of rotatable bonds is 8. The zero-order valence-corrected chi connectivity index (χ0v) is 17.3. The lowest BCUT2D eigenvalue weighted by atomic mass is 10.1. The standard InChI is InChI=1S/C23H29N3O3/c1-16-9-17(2)26(24-16)14-21(27)13-25(15-22-5-4-8-28-22)12-19-6-7-23-20(11-19)10-18(3)29-23/h4-9,11,18,21,27H,10,12-15H2,1-3H3/t18-,21+/m0/s1. The molecule has 0 saturated carbocycles. The minimum atomic E-state index is -0.527. The third-order valence-corrected chi connectivity index (χ3v) is 5.28. The van der Waals surface area contributed by atoms with Gasteiger partial charge in [0.2, 0.25) is 0 Å². The van der Waals surface area contributed by atoms with Crippen LogP contribution in [0.1, 0.15) is 35.2 Å².